The Hall–Kier alpha value is -2.70. The number of carbonyl (C=O) groups excluding carboxylic acids is 1. The van der Waals surface area contributed by atoms with Crippen LogP contribution >= 0.6 is 0 Å². The van der Waals surface area contributed by atoms with E-state index in [4.69, 9.17) is 9.47 Å². The van der Waals surface area contributed by atoms with Crippen LogP contribution in [0.2, 0.25) is 0 Å². The van der Waals surface area contributed by atoms with Gasteiger partial charge in [0, 0.05) is 17.7 Å². The van der Waals surface area contributed by atoms with E-state index in [0.717, 1.165) is 24.1 Å². The third kappa shape index (κ3) is 4.09. The summed E-state index contributed by atoms with van der Waals surface area (Å²) in [6, 6.07) is 9.88. The lowest BCUT2D eigenvalue weighted by Gasteiger charge is -2.18. The van der Waals surface area contributed by atoms with Gasteiger partial charge in [0.2, 0.25) is 0 Å². The summed E-state index contributed by atoms with van der Waals surface area (Å²) in [5.41, 5.74) is -0.121. The second-order valence-corrected chi connectivity index (χ2v) is 6.70. The largest absolute Gasteiger partial charge is 0.483 e. The van der Waals surface area contributed by atoms with Gasteiger partial charge in [0.05, 0.1) is 5.56 Å². The number of rotatable bonds is 4. The van der Waals surface area contributed by atoms with E-state index in [-0.39, 0.29) is 17.9 Å². The smallest absolute Gasteiger partial charge is 0.416 e. The van der Waals surface area contributed by atoms with Gasteiger partial charge >= 0.3 is 6.18 Å². The molecule has 0 atom stereocenters. The zero-order chi connectivity index (χ0) is 18.9. The van der Waals surface area contributed by atoms with E-state index in [2.05, 4.69) is 5.32 Å². The van der Waals surface area contributed by atoms with Crippen LogP contribution in [0.25, 0.3) is 0 Å². The van der Waals surface area contributed by atoms with Gasteiger partial charge in [-0.2, -0.15) is 13.2 Å². The normalized spacial score (nSPS) is 15.1. The van der Waals surface area contributed by atoms with Crippen LogP contribution in [-0.4, -0.2) is 18.1 Å². The molecule has 2 aromatic rings. The minimum absolute atomic E-state index is 0.0594. The average molecular weight is 365 g/mol. The first-order valence-corrected chi connectivity index (χ1v) is 8.05. The fourth-order valence-electron chi connectivity index (χ4n) is 2.81. The number of carbonyl (C=O) groups is 1. The van der Waals surface area contributed by atoms with Gasteiger partial charge in [0.15, 0.2) is 18.1 Å². The highest BCUT2D eigenvalue weighted by molar-refractivity contribution is 5.92. The summed E-state index contributed by atoms with van der Waals surface area (Å²) in [6.45, 7) is 3.57. The number of anilines is 1. The Morgan fingerprint density at radius 1 is 1.23 bits per heavy atom. The van der Waals surface area contributed by atoms with Gasteiger partial charge in [-0.15, -0.1) is 0 Å². The highest BCUT2D eigenvalue weighted by Crippen LogP contribution is 2.41. The predicted octanol–water partition coefficient (Wildman–Crippen LogP) is 4.44. The molecule has 1 amide bonds. The lowest BCUT2D eigenvalue weighted by Crippen LogP contribution is -2.25. The summed E-state index contributed by atoms with van der Waals surface area (Å²) in [6.07, 6.45) is -3.73. The van der Waals surface area contributed by atoms with Gasteiger partial charge in [-0.05, 0) is 38.1 Å². The van der Waals surface area contributed by atoms with Crippen molar-refractivity contribution in [3.05, 3.63) is 53.6 Å². The van der Waals surface area contributed by atoms with Crippen molar-refractivity contribution < 1.29 is 27.4 Å². The number of hydrogen-bond acceptors (Lipinski definition) is 3. The van der Waals surface area contributed by atoms with E-state index in [1.165, 1.54) is 12.1 Å². The molecule has 0 saturated carbocycles. The Kier molecular flexibility index (Phi) is 4.56. The molecule has 0 aliphatic carbocycles. The Balaban J connectivity index is 1.64. The average Bonchev–Trinajstić information content (AvgIpc) is 2.86. The van der Waals surface area contributed by atoms with Crippen molar-refractivity contribution in [3.8, 4) is 11.5 Å². The highest BCUT2D eigenvalue weighted by Gasteiger charge is 2.32. The molecule has 0 unspecified atom stereocenters. The maximum Gasteiger partial charge on any atom is 0.416 e. The van der Waals surface area contributed by atoms with Gasteiger partial charge in [0.25, 0.3) is 5.91 Å². The van der Waals surface area contributed by atoms with Crippen molar-refractivity contribution in [2.45, 2.75) is 32.0 Å². The standard InChI is InChI=1S/C19H18F3NO3/c1-18(2)10-12-5-3-8-15(17(12)26-18)25-11-16(24)23-14-7-4-6-13(9-14)19(20,21)22/h3-9H,10-11H2,1-2H3,(H,23,24). The lowest BCUT2D eigenvalue weighted by molar-refractivity contribution is -0.137. The zero-order valence-corrected chi connectivity index (χ0v) is 14.3. The van der Waals surface area contributed by atoms with Crippen LogP contribution in [0.1, 0.15) is 25.0 Å². The van der Waals surface area contributed by atoms with E-state index >= 15 is 0 Å². The summed E-state index contributed by atoms with van der Waals surface area (Å²) in [5, 5.41) is 2.40. The molecule has 0 radical (unpaired) electrons. The molecule has 3 rings (SSSR count). The van der Waals surface area contributed by atoms with Crippen molar-refractivity contribution in [1.29, 1.82) is 0 Å². The monoisotopic (exact) mass is 365 g/mol. The predicted molar refractivity (Wildman–Crippen MR) is 90.4 cm³/mol. The van der Waals surface area contributed by atoms with Crippen LogP contribution in [0.15, 0.2) is 42.5 Å². The molecule has 1 N–H and O–H groups in total. The first-order valence-electron chi connectivity index (χ1n) is 8.05. The minimum atomic E-state index is -4.47. The second-order valence-electron chi connectivity index (χ2n) is 6.70. The molecule has 0 saturated heterocycles. The molecule has 0 aromatic heterocycles. The van der Waals surface area contributed by atoms with E-state index in [1.807, 2.05) is 26.0 Å². The summed E-state index contributed by atoms with van der Waals surface area (Å²) in [4.78, 5) is 12.0. The number of para-hydroxylation sites is 1. The number of amides is 1. The summed E-state index contributed by atoms with van der Waals surface area (Å²) in [7, 11) is 0. The number of ether oxygens (including phenoxy) is 2. The first kappa shape index (κ1) is 18.1. The second kappa shape index (κ2) is 6.55. The third-order valence-corrected chi connectivity index (χ3v) is 3.89. The molecular weight excluding hydrogens is 347 g/mol. The molecule has 138 valence electrons. The van der Waals surface area contributed by atoms with Crippen LogP contribution in [0.4, 0.5) is 18.9 Å². The highest BCUT2D eigenvalue weighted by atomic mass is 19.4. The van der Waals surface area contributed by atoms with Gasteiger partial charge in [0.1, 0.15) is 5.60 Å². The molecule has 1 heterocycles. The first-order chi connectivity index (χ1) is 12.1. The van der Waals surface area contributed by atoms with E-state index in [9.17, 15) is 18.0 Å². The fraction of sp³-hybridized carbons (Fsp3) is 0.316. The van der Waals surface area contributed by atoms with E-state index in [0.29, 0.717) is 11.5 Å². The molecule has 1 aliphatic heterocycles. The van der Waals surface area contributed by atoms with Gasteiger partial charge in [-0.25, -0.2) is 0 Å². The molecule has 0 bridgehead atoms. The van der Waals surface area contributed by atoms with Gasteiger partial charge in [-0.1, -0.05) is 18.2 Å². The molecule has 1 aliphatic rings. The number of hydrogen-bond donors (Lipinski definition) is 1. The molecule has 0 spiro atoms. The number of halogens is 3. The Bertz CT molecular complexity index is 831. The number of fused-ring (bicyclic) bond motifs is 1. The molecule has 7 heteroatoms. The maximum atomic E-state index is 12.7. The van der Waals surface area contributed by atoms with Crippen molar-refractivity contribution in [1.82, 2.24) is 0 Å². The van der Waals surface area contributed by atoms with Crippen molar-refractivity contribution in [2.75, 3.05) is 11.9 Å². The SMILES string of the molecule is CC1(C)Cc2cccc(OCC(=O)Nc3cccc(C(F)(F)F)c3)c2O1. The van der Waals surface area contributed by atoms with Crippen LogP contribution in [0.5, 0.6) is 11.5 Å². The Labute approximate surface area is 148 Å². The number of alkyl halides is 3. The molecule has 2 aromatic carbocycles. The molecule has 0 fully saturated rings. The molecular formula is C19H18F3NO3. The van der Waals surface area contributed by atoms with Crippen molar-refractivity contribution in [2.24, 2.45) is 0 Å². The van der Waals surface area contributed by atoms with Gasteiger partial charge in [-0.3, -0.25) is 4.79 Å². The van der Waals surface area contributed by atoms with Gasteiger partial charge < -0.3 is 14.8 Å². The summed E-state index contributed by atoms with van der Waals surface area (Å²) < 4.78 is 49.5. The van der Waals surface area contributed by atoms with Crippen LogP contribution in [0, 0.1) is 0 Å². The number of benzene rings is 2. The van der Waals surface area contributed by atoms with Crippen molar-refractivity contribution in [3.63, 3.8) is 0 Å². The minimum Gasteiger partial charge on any atom is -0.483 e. The quantitative estimate of drug-likeness (QED) is 0.872. The lowest BCUT2D eigenvalue weighted by atomic mass is 10.0. The summed E-state index contributed by atoms with van der Waals surface area (Å²) >= 11 is 0. The van der Waals surface area contributed by atoms with E-state index < -0.39 is 17.6 Å². The number of nitrogens with one attached hydrogen (secondary N) is 1. The third-order valence-electron chi connectivity index (χ3n) is 3.89. The Morgan fingerprint density at radius 2 is 1.96 bits per heavy atom. The van der Waals surface area contributed by atoms with Crippen LogP contribution < -0.4 is 14.8 Å². The zero-order valence-electron chi connectivity index (χ0n) is 14.3. The Morgan fingerprint density at radius 3 is 2.69 bits per heavy atom. The summed E-state index contributed by atoms with van der Waals surface area (Å²) in [5.74, 6) is 0.482. The van der Waals surface area contributed by atoms with Crippen LogP contribution in [0.3, 0.4) is 0 Å². The molecule has 4 nitrogen and oxygen atoms in total. The fourth-order valence-corrected chi connectivity index (χ4v) is 2.81. The topological polar surface area (TPSA) is 47.6 Å². The van der Waals surface area contributed by atoms with E-state index in [1.54, 1.807) is 6.07 Å². The molecule has 26 heavy (non-hydrogen) atoms. The maximum absolute atomic E-state index is 12.7. The van der Waals surface area contributed by atoms with Crippen molar-refractivity contribution >= 4 is 11.6 Å². The van der Waals surface area contributed by atoms with Crippen LogP contribution in [-0.2, 0) is 17.4 Å².